The molecule has 0 spiro atoms. The zero-order valence-corrected chi connectivity index (χ0v) is 7.35. The average molecular weight is 199 g/mol. The van der Waals surface area contributed by atoms with Crippen molar-refractivity contribution in [1.29, 1.82) is 0 Å². The third-order valence-corrected chi connectivity index (χ3v) is 1.85. The van der Waals surface area contributed by atoms with Crippen LogP contribution in [-0.4, -0.2) is 0 Å². The Morgan fingerprint density at radius 3 is 2.70 bits per heavy atom. The summed E-state index contributed by atoms with van der Waals surface area (Å²) in [5.41, 5.74) is 7.57. The molecule has 0 aromatic heterocycles. The molecular formula is C8H9BrN. The zero-order chi connectivity index (χ0) is 7.56. The molecule has 1 nitrogen and oxygen atoms in total. The summed E-state index contributed by atoms with van der Waals surface area (Å²) in [7, 11) is 0. The monoisotopic (exact) mass is 198 g/mol. The summed E-state index contributed by atoms with van der Waals surface area (Å²) in [6.07, 6.45) is 1.99. The Morgan fingerprint density at radius 1 is 1.50 bits per heavy atom. The van der Waals surface area contributed by atoms with Crippen molar-refractivity contribution in [3.63, 3.8) is 0 Å². The number of hydrogen-bond donors (Lipinski definition) is 1. The maximum atomic E-state index is 5.67. The van der Waals surface area contributed by atoms with E-state index in [4.69, 9.17) is 5.73 Å². The van der Waals surface area contributed by atoms with E-state index < -0.39 is 0 Å². The molecule has 0 saturated heterocycles. The highest BCUT2D eigenvalue weighted by molar-refractivity contribution is 9.10. The molecule has 0 aliphatic carbocycles. The van der Waals surface area contributed by atoms with E-state index >= 15 is 0 Å². The Balaban J connectivity index is 3.07. The summed E-state index contributed by atoms with van der Waals surface area (Å²) < 4.78 is 1.02. The van der Waals surface area contributed by atoms with E-state index in [0.29, 0.717) is 0 Å². The molecule has 0 fully saturated rings. The van der Waals surface area contributed by atoms with Crippen LogP contribution in [-0.2, 0) is 0 Å². The Hall–Kier alpha value is -0.500. The Morgan fingerprint density at radius 2 is 2.20 bits per heavy atom. The lowest BCUT2D eigenvalue weighted by Crippen LogP contribution is -1.90. The van der Waals surface area contributed by atoms with Crippen molar-refractivity contribution < 1.29 is 0 Å². The molecule has 2 heteroatoms. The molecule has 0 aliphatic heterocycles. The number of hydrogen-bond acceptors (Lipinski definition) is 1. The lowest BCUT2D eigenvalue weighted by Gasteiger charge is -2.00. The van der Waals surface area contributed by atoms with Crippen molar-refractivity contribution in [3.8, 4) is 0 Å². The standard InChI is InChI=1S/C8H9BrN/c1-2-6-3-4-7(9)5-8(6)10/h2-5H,10H2,1H3. The first kappa shape index (κ1) is 7.61. The van der Waals surface area contributed by atoms with Crippen LogP contribution in [0.25, 0.3) is 0 Å². The zero-order valence-electron chi connectivity index (χ0n) is 5.76. The maximum absolute atomic E-state index is 5.67. The quantitative estimate of drug-likeness (QED) is 0.691. The number of halogens is 1. The van der Waals surface area contributed by atoms with Crippen LogP contribution in [0, 0.1) is 6.42 Å². The number of rotatable bonds is 1. The average Bonchev–Trinajstić information content (AvgIpc) is 1.88. The van der Waals surface area contributed by atoms with Crippen molar-refractivity contribution in [2.75, 3.05) is 5.73 Å². The number of nitrogen functional groups attached to an aromatic ring is 1. The first-order chi connectivity index (χ1) is 4.74. The van der Waals surface area contributed by atoms with Gasteiger partial charge in [-0.2, -0.15) is 0 Å². The van der Waals surface area contributed by atoms with E-state index in [-0.39, 0.29) is 0 Å². The molecule has 0 saturated carbocycles. The SMILES string of the molecule is C[CH]c1ccc(Br)cc1N. The second-order valence-electron chi connectivity index (χ2n) is 2.06. The fourth-order valence-electron chi connectivity index (χ4n) is 0.809. The largest absolute Gasteiger partial charge is 0.398 e. The molecule has 1 rings (SSSR count). The first-order valence-corrected chi connectivity index (χ1v) is 3.87. The molecule has 0 heterocycles. The van der Waals surface area contributed by atoms with E-state index in [9.17, 15) is 0 Å². The van der Waals surface area contributed by atoms with Gasteiger partial charge in [-0.3, -0.25) is 0 Å². The lowest BCUT2D eigenvalue weighted by molar-refractivity contribution is 1.42. The van der Waals surface area contributed by atoms with E-state index in [2.05, 4.69) is 15.9 Å². The molecule has 1 aromatic carbocycles. The highest BCUT2D eigenvalue weighted by atomic mass is 79.9. The fourth-order valence-corrected chi connectivity index (χ4v) is 1.19. The number of nitrogens with two attached hydrogens (primary N) is 1. The van der Waals surface area contributed by atoms with E-state index in [1.165, 1.54) is 0 Å². The van der Waals surface area contributed by atoms with Gasteiger partial charge in [-0.1, -0.05) is 28.9 Å². The van der Waals surface area contributed by atoms with Gasteiger partial charge in [0, 0.05) is 10.2 Å². The normalized spacial score (nSPS) is 9.80. The van der Waals surface area contributed by atoms with Crippen LogP contribution in [0.2, 0.25) is 0 Å². The van der Waals surface area contributed by atoms with Gasteiger partial charge in [0.1, 0.15) is 0 Å². The summed E-state index contributed by atoms with van der Waals surface area (Å²) >= 11 is 3.33. The number of benzene rings is 1. The van der Waals surface area contributed by atoms with Gasteiger partial charge in [0.05, 0.1) is 0 Å². The smallest absolute Gasteiger partial charge is 0.0360 e. The molecule has 10 heavy (non-hydrogen) atoms. The minimum absolute atomic E-state index is 0.817. The van der Waals surface area contributed by atoms with Crippen molar-refractivity contribution in [2.24, 2.45) is 0 Å². The molecule has 53 valence electrons. The van der Waals surface area contributed by atoms with Crippen LogP contribution in [0.3, 0.4) is 0 Å². The van der Waals surface area contributed by atoms with Crippen LogP contribution in [0.15, 0.2) is 22.7 Å². The highest BCUT2D eigenvalue weighted by Gasteiger charge is 1.95. The van der Waals surface area contributed by atoms with Gasteiger partial charge in [0.2, 0.25) is 0 Å². The topological polar surface area (TPSA) is 26.0 Å². The lowest BCUT2D eigenvalue weighted by atomic mass is 10.1. The third-order valence-electron chi connectivity index (χ3n) is 1.36. The minimum Gasteiger partial charge on any atom is -0.398 e. The van der Waals surface area contributed by atoms with Crippen LogP contribution >= 0.6 is 15.9 Å². The van der Waals surface area contributed by atoms with E-state index in [1.807, 2.05) is 31.5 Å². The van der Waals surface area contributed by atoms with Gasteiger partial charge in [0.15, 0.2) is 0 Å². The Kier molecular flexibility index (Phi) is 2.33. The molecule has 1 aromatic rings. The van der Waals surface area contributed by atoms with E-state index in [1.54, 1.807) is 0 Å². The Bertz CT molecular complexity index is 233. The first-order valence-electron chi connectivity index (χ1n) is 3.08. The summed E-state index contributed by atoms with van der Waals surface area (Å²) in [4.78, 5) is 0. The van der Waals surface area contributed by atoms with Gasteiger partial charge in [-0.25, -0.2) is 0 Å². The third kappa shape index (κ3) is 1.51. The van der Waals surface area contributed by atoms with Crippen molar-refractivity contribution in [2.45, 2.75) is 6.92 Å². The molecule has 0 amide bonds. The van der Waals surface area contributed by atoms with E-state index in [0.717, 1.165) is 15.7 Å². The van der Waals surface area contributed by atoms with Crippen LogP contribution in [0.1, 0.15) is 12.5 Å². The molecule has 1 radical (unpaired) electrons. The summed E-state index contributed by atoms with van der Waals surface area (Å²) in [5, 5.41) is 0. The van der Waals surface area contributed by atoms with Crippen LogP contribution in [0.4, 0.5) is 5.69 Å². The molecule has 0 bridgehead atoms. The predicted molar refractivity (Wildman–Crippen MR) is 47.6 cm³/mol. The summed E-state index contributed by atoms with van der Waals surface area (Å²) in [6, 6.07) is 5.86. The minimum atomic E-state index is 0.817. The molecule has 0 atom stereocenters. The van der Waals surface area contributed by atoms with Gasteiger partial charge in [-0.15, -0.1) is 0 Å². The molecule has 2 N–H and O–H groups in total. The molecule has 0 unspecified atom stereocenters. The predicted octanol–water partition coefficient (Wildman–Crippen LogP) is 2.60. The fraction of sp³-hybridized carbons (Fsp3) is 0.125. The van der Waals surface area contributed by atoms with Gasteiger partial charge >= 0.3 is 0 Å². The summed E-state index contributed by atoms with van der Waals surface area (Å²) in [6.45, 7) is 1.97. The summed E-state index contributed by atoms with van der Waals surface area (Å²) in [5.74, 6) is 0. The van der Waals surface area contributed by atoms with Gasteiger partial charge in [0.25, 0.3) is 0 Å². The molecule has 0 aliphatic rings. The second kappa shape index (κ2) is 3.06. The Labute approximate surface area is 69.4 Å². The highest BCUT2D eigenvalue weighted by Crippen LogP contribution is 2.19. The van der Waals surface area contributed by atoms with Crippen molar-refractivity contribution in [1.82, 2.24) is 0 Å². The van der Waals surface area contributed by atoms with Crippen molar-refractivity contribution >= 4 is 21.6 Å². The molecular weight excluding hydrogens is 190 g/mol. The van der Waals surface area contributed by atoms with Gasteiger partial charge in [-0.05, 0) is 24.1 Å². The van der Waals surface area contributed by atoms with Crippen LogP contribution in [0.5, 0.6) is 0 Å². The number of anilines is 1. The van der Waals surface area contributed by atoms with Crippen LogP contribution < -0.4 is 5.73 Å². The second-order valence-corrected chi connectivity index (χ2v) is 2.98. The maximum Gasteiger partial charge on any atom is 0.0360 e. The van der Waals surface area contributed by atoms with Gasteiger partial charge < -0.3 is 5.73 Å². The van der Waals surface area contributed by atoms with Crippen molar-refractivity contribution in [3.05, 3.63) is 34.7 Å².